The minimum absolute atomic E-state index is 0.109. The van der Waals surface area contributed by atoms with Gasteiger partial charge >= 0.3 is 0 Å². The van der Waals surface area contributed by atoms with Gasteiger partial charge in [-0.1, -0.05) is 17.8 Å². The number of hydrogen-bond acceptors (Lipinski definition) is 2. The topological polar surface area (TPSA) is 12.9 Å². The molecule has 94 valence electrons. The van der Waals surface area contributed by atoms with Crippen LogP contribution >= 0.6 is 11.8 Å². The van der Waals surface area contributed by atoms with Gasteiger partial charge in [-0.3, -0.25) is 0 Å². The first kappa shape index (κ1) is 12.8. The first-order valence-corrected chi connectivity index (χ1v) is 5.44. The van der Waals surface area contributed by atoms with E-state index >= 15 is 0 Å². The minimum Gasteiger partial charge on any atom is -0.207 e. The zero-order valence-electron chi connectivity index (χ0n) is 8.55. The van der Waals surface area contributed by atoms with E-state index in [1.807, 2.05) is 0 Å². The maximum atomic E-state index is 13.3. The van der Waals surface area contributed by atoms with Gasteiger partial charge in [-0.15, -0.1) is 0 Å². The van der Waals surface area contributed by atoms with E-state index in [1.165, 1.54) is 12.1 Å². The maximum Gasteiger partial charge on any atom is 0.252 e. The zero-order valence-corrected chi connectivity index (χ0v) is 9.37. The summed E-state index contributed by atoms with van der Waals surface area (Å²) in [6.07, 6.45) is 0. The van der Waals surface area contributed by atoms with Gasteiger partial charge in [-0.2, -0.15) is 13.8 Å². The normalized spacial score (nSPS) is 10.7. The molecule has 0 bridgehead atoms. The van der Waals surface area contributed by atoms with Crippen molar-refractivity contribution in [3.8, 4) is 0 Å². The van der Waals surface area contributed by atoms with E-state index in [0.29, 0.717) is 11.8 Å². The Morgan fingerprint density at radius 3 is 2.06 bits per heavy atom. The van der Waals surface area contributed by atoms with E-state index in [0.717, 1.165) is 12.1 Å². The van der Waals surface area contributed by atoms with Gasteiger partial charge in [-0.05, 0) is 18.2 Å². The molecule has 18 heavy (non-hydrogen) atoms. The minimum atomic E-state index is -1.74. The van der Waals surface area contributed by atoms with Crippen LogP contribution in [0.25, 0.3) is 0 Å². The summed E-state index contributed by atoms with van der Waals surface area (Å²) in [4.78, 5) is 1.63. The molecule has 0 spiro atoms. The molecule has 0 saturated heterocycles. The fourth-order valence-electron chi connectivity index (χ4n) is 1.21. The number of rotatable bonds is 2. The molecule has 2 rings (SSSR count). The molecule has 2 aromatic rings. The van der Waals surface area contributed by atoms with Crippen LogP contribution in [0.4, 0.5) is 22.0 Å². The standard InChI is InChI=1S/C11H4F5NS/c12-5-2-1-3-6(4-5)18-9-7(13)10(15)17-11(16)8(9)14/h1-4H. The van der Waals surface area contributed by atoms with Gasteiger partial charge in [0.05, 0.1) is 4.90 Å². The molecular weight excluding hydrogens is 273 g/mol. The van der Waals surface area contributed by atoms with Crippen LogP contribution in [0.1, 0.15) is 0 Å². The molecule has 0 saturated carbocycles. The predicted molar refractivity (Wildman–Crippen MR) is 54.6 cm³/mol. The Morgan fingerprint density at radius 2 is 1.50 bits per heavy atom. The Morgan fingerprint density at radius 1 is 0.889 bits per heavy atom. The highest BCUT2D eigenvalue weighted by atomic mass is 32.2. The van der Waals surface area contributed by atoms with Crippen molar-refractivity contribution in [2.24, 2.45) is 0 Å². The maximum absolute atomic E-state index is 13.3. The first-order valence-electron chi connectivity index (χ1n) is 4.62. The summed E-state index contributed by atoms with van der Waals surface area (Å²) in [7, 11) is 0. The molecule has 0 fully saturated rings. The molecule has 0 radical (unpaired) electrons. The van der Waals surface area contributed by atoms with Crippen molar-refractivity contribution in [3.05, 3.63) is 53.6 Å². The van der Waals surface area contributed by atoms with Crippen molar-refractivity contribution in [1.29, 1.82) is 0 Å². The van der Waals surface area contributed by atoms with Crippen molar-refractivity contribution in [3.63, 3.8) is 0 Å². The van der Waals surface area contributed by atoms with E-state index in [4.69, 9.17) is 0 Å². The molecule has 0 amide bonds. The molecule has 0 unspecified atom stereocenters. The highest BCUT2D eigenvalue weighted by molar-refractivity contribution is 7.99. The monoisotopic (exact) mass is 277 g/mol. The average molecular weight is 277 g/mol. The van der Waals surface area contributed by atoms with Crippen molar-refractivity contribution in [2.45, 2.75) is 9.79 Å². The number of halogens is 5. The van der Waals surface area contributed by atoms with E-state index in [9.17, 15) is 22.0 Å². The van der Waals surface area contributed by atoms with Gasteiger partial charge in [0, 0.05) is 4.90 Å². The lowest BCUT2D eigenvalue weighted by atomic mass is 10.3. The number of hydrogen-bond donors (Lipinski definition) is 0. The second kappa shape index (κ2) is 4.93. The predicted octanol–water partition coefficient (Wildman–Crippen LogP) is 3.93. The van der Waals surface area contributed by atoms with Gasteiger partial charge < -0.3 is 0 Å². The van der Waals surface area contributed by atoms with E-state index in [1.54, 1.807) is 0 Å². The Balaban J connectivity index is 2.46. The van der Waals surface area contributed by atoms with Crippen LogP contribution in [0.2, 0.25) is 0 Å². The second-order valence-electron chi connectivity index (χ2n) is 3.21. The van der Waals surface area contributed by atoms with Crippen LogP contribution in [-0.4, -0.2) is 4.98 Å². The quantitative estimate of drug-likeness (QED) is 0.609. The Labute approximate surface area is 103 Å². The largest absolute Gasteiger partial charge is 0.252 e. The van der Waals surface area contributed by atoms with Crippen LogP contribution < -0.4 is 0 Å². The Bertz CT molecular complexity index is 576. The highest BCUT2D eigenvalue weighted by Crippen LogP contribution is 2.33. The molecule has 0 aliphatic carbocycles. The van der Waals surface area contributed by atoms with Crippen LogP contribution in [0.3, 0.4) is 0 Å². The number of aromatic nitrogens is 1. The molecule has 7 heteroatoms. The van der Waals surface area contributed by atoms with E-state index < -0.39 is 34.2 Å². The number of benzene rings is 1. The highest BCUT2D eigenvalue weighted by Gasteiger charge is 2.21. The number of nitrogens with zero attached hydrogens (tertiary/aromatic N) is 1. The molecule has 1 nitrogen and oxygen atoms in total. The smallest absolute Gasteiger partial charge is 0.207 e. The van der Waals surface area contributed by atoms with Gasteiger partial charge in [0.15, 0.2) is 11.6 Å². The molecule has 1 aromatic carbocycles. The second-order valence-corrected chi connectivity index (χ2v) is 4.29. The van der Waals surface area contributed by atoms with Crippen molar-refractivity contribution in [2.75, 3.05) is 0 Å². The molecule has 1 heterocycles. The van der Waals surface area contributed by atoms with Crippen LogP contribution in [0.5, 0.6) is 0 Å². The van der Waals surface area contributed by atoms with Crippen molar-refractivity contribution < 1.29 is 22.0 Å². The molecular formula is C11H4F5NS. The SMILES string of the molecule is Fc1cccc(Sc2c(F)c(F)nc(F)c2F)c1. The molecule has 0 aliphatic rings. The first-order chi connectivity index (χ1) is 8.49. The average Bonchev–Trinajstić information content (AvgIpc) is 2.32. The van der Waals surface area contributed by atoms with Gasteiger partial charge in [0.1, 0.15) is 5.82 Å². The third kappa shape index (κ3) is 2.45. The van der Waals surface area contributed by atoms with Crippen molar-refractivity contribution >= 4 is 11.8 Å². The lowest BCUT2D eigenvalue weighted by molar-refractivity contribution is 0.383. The Kier molecular flexibility index (Phi) is 3.51. The van der Waals surface area contributed by atoms with Crippen LogP contribution in [0, 0.1) is 29.3 Å². The summed E-state index contributed by atoms with van der Waals surface area (Å²) in [6, 6.07) is 4.77. The molecule has 0 N–H and O–H groups in total. The summed E-state index contributed by atoms with van der Waals surface area (Å²) >= 11 is 0.373. The summed E-state index contributed by atoms with van der Waals surface area (Å²) in [5, 5.41) is 0. The van der Waals surface area contributed by atoms with Crippen LogP contribution in [-0.2, 0) is 0 Å². The number of pyridine rings is 1. The Hall–Kier alpha value is -1.63. The fraction of sp³-hybridized carbons (Fsp3) is 0. The van der Waals surface area contributed by atoms with Gasteiger partial charge in [-0.25, -0.2) is 13.2 Å². The molecule has 0 aliphatic heterocycles. The van der Waals surface area contributed by atoms with Crippen molar-refractivity contribution in [1.82, 2.24) is 4.98 Å². The van der Waals surface area contributed by atoms with E-state index in [2.05, 4.69) is 4.98 Å². The molecule has 1 aromatic heterocycles. The fourth-order valence-corrected chi connectivity index (χ4v) is 2.11. The summed E-state index contributed by atoms with van der Waals surface area (Å²) < 4.78 is 65.1. The van der Waals surface area contributed by atoms with Gasteiger partial charge in [0.25, 0.3) is 11.9 Å². The third-order valence-electron chi connectivity index (χ3n) is 1.97. The summed E-state index contributed by atoms with van der Waals surface area (Å²) in [5.41, 5.74) is 0. The van der Waals surface area contributed by atoms with Gasteiger partial charge in [0.2, 0.25) is 0 Å². The lowest BCUT2D eigenvalue weighted by Gasteiger charge is -2.05. The van der Waals surface area contributed by atoms with Crippen LogP contribution in [0.15, 0.2) is 34.1 Å². The zero-order chi connectivity index (χ0) is 13.3. The summed E-state index contributed by atoms with van der Waals surface area (Å²) in [5.74, 6) is -7.33. The lowest BCUT2D eigenvalue weighted by Crippen LogP contribution is -2.01. The van der Waals surface area contributed by atoms with E-state index in [-0.39, 0.29) is 4.90 Å². The summed E-state index contributed by atoms with van der Waals surface area (Å²) in [6.45, 7) is 0. The third-order valence-corrected chi connectivity index (χ3v) is 3.03. The molecule has 0 atom stereocenters.